The lowest BCUT2D eigenvalue weighted by Gasteiger charge is -2.11. The molecule has 2 nitrogen and oxygen atoms in total. The van der Waals surface area contributed by atoms with Crippen LogP contribution in [0.1, 0.15) is 29.8 Å². The van der Waals surface area contributed by atoms with Crippen LogP contribution in [0.3, 0.4) is 0 Å². The number of hydrogen-bond donors (Lipinski definition) is 0. The lowest BCUT2D eigenvalue weighted by atomic mass is 10.1. The van der Waals surface area contributed by atoms with Crippen LogP contribution in [0.15, 0.2) is 0 Å². The minimum atomic E-state index is -1.74. The van der Waals surface area contributed by atoms with Gasteiger partial charge in [0, 0.05) is 5.56 Å². The average molecular weight is 250 g/mol. The maximum atomic E-state index is 13.3. The molecule has 0 saturated carbocycles. The summed E-state index contributed by atoms with van der Waals surface area (Å²) in [5.74, 6) is -8.12. The van der Waals surface area contributed by atoms with Gasteiger partial charge in [-0.15, -0.1) is 0 Å². The fourth-order valence-electron chi connectivity index (χ4n) is 1.19. The molecule has 0 heterocycles. The quantitative estimate of drug-likeness (QED) is 0.458. The number of ether oxygens (including phenoxy) is 1. The van der Waals surface area contributed by atoms with Gasteiger partial charge in [0.25, 0.3) is 0 Å². The Hall–Kier alpha value is -1.59. The summed E-state index contributed by atoms with van der Waals surface area (Å²) in [7, 11) is 0. The first-order valence-corrected chi connectivity index (χ1v) is 4.80. The molecule has 0 spiro atoms. The Bertz CT molecular complexity index is 440. The number of carbonyl (C=O) groups excluding carboxylic acids is 1. The molecule has 0 amide bonds. The summed E-state index contributed by atoms with van der Waals surface area (Å²) in [6.45, 7) is 3.75. The molecule has 0 aliphatic heterocycles. The van der Waals surface area contributed by atoms with Crippen molar-refractivity contribution in [2.75, 3.05) is 0 Å². The first-order chi connectivity index (χ1) is 7.77. The molecule has 0 N–H and O–H groups in total. The van der Waals surface area contributed by atoms with Gasteiger partial charge in [0.2, 0.25) is 0 Å². The SMILES string of the molecule is Cc1c(F)c(F)c(C(=O)OC(C)C)c(F)c1F. The highest BCUT2D eigenvalue weighted by atomic mass is 19.2. The van der Waals surface area contributed by atoms with Crippen LogP contribution >= 0.6 is 0 Å². The van der Waals surface area contributed by atoms with Crippen LogP contribution < -0.4 is 0 Å². The van der Waals surface area contributed by atoms with E-state index in [4.69, 9.17) is 0 Å². The molecule has 1 rings (SSSR count). The molecule has 0 aromatic heterocycles. The van der Waals surface area contributed by atoms with Gasteiger partial charge in [0.05, 0.1) is 6.10 Å². The van der Waals surface area contributed by atoms with Gasteiger partial charge in [-0.1, -0.05) is 0 Å². The zero-order valence-electron chi connectivity index (χ0n) is 9.41. The van der Waals surface area contributed by atoms with Gasteiger partial charge >= 0.3 is 5.97 Å². The van der Waals surface area contributed by atoms with Crippen molar-refractivity contribution in [2.24, 2.45) is 0 Å². The number of esters is 1. The second kappa shape index (κ2) is 4.73. The van der Waals surface area contributed by atoms with Gasteiger partial charge in [-0.05, 0) is 20.8 Å². The van der Waals surface area contributed by atoms with Crippen LogP contribution in [-0.4, -0.2) is 12.1 Å². The monoisotopic (exact) mass is 250 g/mol. The smallest absolute Gasteiger partial charge is 0.344 e. The molecular formula is C11H10F4O2. The Morgan fingerprint density at radius 1 is 1.00 bits per heavy atom. The number of hydrogen-bond acceptors (Lipinski definition) is 2. The largest absolute Gasteiger partial charge is 0.459 e. The van der Waals surface area contributed by atoms with E-state index in [1.165, 1.54) is 13.8 Å². The molecule has 1 aromatic carbocycles. The van der Waals surface area contributed by atoms with Crippen LogP contribution in [0.25, 0.3) is 0 Å². The van der Waals surface area contributed by atoms with Crippen molar-refractivity contribution in [3.8, 4) is 0 Å². The van der Waals surface area contributed by atoms with Gasteiger partial charge in [0.1, 0.15) is 5.56 Å². The van der Waals surface area contributed by atoms with E-state index >= 15 is 0 Å². The summed E-state index contributed by atoms with van der Waals surface area (Å²) in [5, 5.41) is 0. The third-order valence-corrected chi connectivity index (χ3v) is 2.03. The fourth-order valence-corrected chi connectivity index (χ4v) is 1.19. The van der Waals surface area contributed by atoms with Crippen LogP contribution in [0.5, 0.6) is 0 Å². The van der Waals surface area contributed by atoms with Crippen molar-refractivity contribution < 1.29 is 27.1 Å². The Morgan fingerprint density at radius 2 is 1.41 bits per heavy atom. The van der Waals surface area contributed by atoms with Crippen molar-refractivity contribution >= 4 is 5.97 Å². The molecular weight excluding hydrogens is 240 g/mol. The van der Waals surface area contributed by atoms with E-state index < -0.39 is 46.5 Å². The molecule has 0 saturated heterocycles. The number of rotatable bonds is 2. The number of carbonyl (C=O) groups is 1. The molecule has 6 heteroatoms. The van der Waals surface area contributed by atoms with Crippen molar-refractivity contribution in [3.63, 3.8) is 0 Å². The Balaban J connectivity index is 3.39. The molecule has 94 valence electrons. The Labute approximate surface area is 95.2 Å². The average Bonchev–Trinajstić information content (AvgIpc) is 2.23. The van der Waals surface area contributed by atoms with Crippen molar-refractivity contribution in [3.05, 3.63) is 34.4 Å². The van der Waals surface area contributed by atoms with Gasteiger partial charge in [0.15, 0.2) is 23.3 Å². The van der Waals surface area contributed by atoms with Crippen molar-refractivity contribution in [1.29, 1.82) is 0 Å². The van der Waals surface area contributed by atoms with E-state index in [0.717, 1.165) is 6.92 Å². The normalized spacial score (nSPS) is 10.8. The fraction of sp³-hybridized carbons (Fsp3) is 0.364. The van der Waals surface area contributed by atoms with Crippen LogP contribution in [0.2, 0.25) is 0 Å². The highest BCUT2D eigenvalue weighted by molar-refractivity contribution is 5.90. The molecule has 0 bridgehead atoms. The third-order valence-electron chi connectivity index (χ3n) is 2.03. The molecule has 0 atom stereocenters. The maximum absolute atomic E-state index is 13.3. The first kappa shape index (κ1) is 13.5. The van der Waals surface area contributed by atoms with Gasteiger partial charge in [-0.25, -0.2) is 22.4 Å². The van der Waals surface area contributed by atoms with Crippen LogP contribution in [0.4, 0.5) is 17.6 Å². The van der Waals surface area contributed by atoms with Gasteiger partial charge in [-0.2, -0.15) is 0 Å². The summed E-state index contributed by atoms with van der Waals surface area (Å²) in [6.07, 6.45) is -0.659. The predicted molar refractivity (Wildman–Crippen MR) is 51.6 cm³/mol. The van der Waals surface area contributed by atoms with Crippen molar-refractivity contribution in [1.82, 2.24) is 0 Å². The van der Waals surface area contributed by atoms with E-state index in [0.29, 0.717) is 0 Å². The van der Waals surface area contributed by atoms with Crippen LogP contribution in [-0.2, 0) is 4.74 Å². The summed E-state index contributed by atoms with van der Waals surface area (Å²) < 4.78 is 57.4. The lowest BCUT2D eigenvalue weighted by molar-refractivity contribution is 0.0364. The summed E-state index contributed by atoms with van der Waals surface area (Å²) in [5.41, 5.74) is -2.17. The molecule has 17 heavy (non-hydrogen) atoms. The molecule has 0 radical (unpaired) electrons. The maximum Gasteiger partial charge on any atom is 0.344 e. The van der Waals surface area contributed by atoms with Gasteiger partial charge < -0.3 is 4.74 Å². The summed E-state index contributed by atoms with van der Waals surface area (Å²) >= 11 is 0. The van der Waals surface area contributed by atoms with E-state index in [2.05, 4.69) is 4.74 Å². The highest BCUT2D eigenvalue weighted by Crippen LogP contribution is 2.24. The molecule has 0 fully saturated rings. The zero-order valence-corrected chi connectivity index (χ0v) is 9.41. The Kier molecular flexibility index (Phi) is 3.75. The van der Waals surface area contributed by atoms with Crippen molar-refractivity contribution in [2.45, 2.75) is 26.9 Å². The Morgan fingerprint density at radius 3 is 1.76 bits per heavy atom. The van der Waals surface area contributed by atoms with Gasteiger partial charge in [-0.3, -0.25) is 0 Å². The first-order valence-electron chi connectivity index (χ1n) is 4.80. The zero-order chi connectivity index (χ0) is 13.3. The molecule has 0 unspecified atom stereocenters. The lowest BCUT2D eigenvalue weighted by Crippen LogP contribution is -2.17. The highest BCUT2D eigenvalue weighted by Gasteiger charge is 2.28. The molecule has 0 aliphatic carbocycles. The standard InChI is InChI=1S/C11H10F4O2/c1-4(2)17-11(16)6-9(14)7(12)5(3)8(13)10(6)15/h4H,1-3H3. The van der Waals surface area contributed by atoms with E-state index in [1.54, 1.807) is 0 Å². The molecule has 0 aliphatic rings. The summed E-state index contributed by atoms with van der Waals surface area (Å²) in [6, 6.07) is 0. The number of halogens is 4. The third kappa shape index (κ3) is 2.40. The van der Waals surface area contributed by atoms with E-state index in [-0.39, 0.29) is 0 Å². The van der Waals surface area contributed by atoms with Crippen LogP contribution in [0, 0.1) is 30.2 Å². The molecule has 1 aromatic rings. The predicted octanol–water partition coefficient (Wildman–Crippen LogP) is 3.12. The van der Waals surface area contributed by atoms with E-state index in [9.17, 15) is 22.4 Å². The minimum Gasteiger partial charge on any atom is -0.459 e. The second-order valence-corrected chi connectivity index (χ2v) is 3.71. The second-order valence-electron chi connectivity index (χ2n) is 3.71. The summed E-state index contributed by atoms with van der Waals surface area (Å²) in [4.78, 5) is 11.3. The minimum absolute atomic E-state index is 0.659. The topological polar surface area (TPSA) is 26.3 Å². The number of benzene rings is 1. The van der Waals surface area contributed by atoms with E-state index in [1.807, 2.05) is 0 Å².